The van der Waals surface area contributed by atoms with Crippen molar-refractivity contribution in [3.8, 4) is 22.6 Å². The summed E-state index contributed by atoms with van der Waals surface area (Å²) in [6, 6.07) is 9.62. The molecule has 1 aliphatic heterocycles. The van der Waals surface area contributed by atoms with E-state index in [1.54, 1.807) is 12.1 Å². The van der Waals surface area contributed by atoms with Gasteiger partial charge < -0.3 is 9.84 Å². The minimum absolute atomic E-state index is 0. The van der Waals surface area contributed by atoms with Gasteiger partial charge in [0, 0.05) is 17.7 Å². The Morgan fingerprint density at radius 1 is 0.967 bits per heavy atom. The van der Waals surface area contributed by atoms with E-state index in [9.17, 15) is 18.3 Å². The summed E-state index contributed by atoms with van der Waals surface area (Å²) in [5, 5.41) is 11.0. The van der Waals surface area contributed by atoms with Crippen LogP contribution in [-0.4, -0.2) is 29.5 Å². The average molecular weight is 444 g/mol. The Kier molecular flexibility index (Phi) is 7.69. The summed E-state index contributed by atoms with van der Waals surface area (Å²) in [7, 11) is 0. The lowest BCUT2D eigenvalue weighted by Gasteiger charge is -2.28. The van der Waals surface area contributed by atoms with Crippen molar-refractivity contribution in [1.29, 1.82) is 0 Å². The number of piperidine rings is 1. The van der Waals surface area contributed by atoms with Gasteiger partial charge in [0.2, 0.25) is 0 Å². The molecule has 0 spiro atoms. The molecule has 2 aromatic rings. The number of phenols is 1. The normalized spacial score (nSPS) is 15.5. The maximum absolute atomic E-state index is 12.4. The minimum atomic E-state index is -4.72. The highest BCUT2D eigenvalue weighted by Gasteiger charge is 2.31. The van der Waals surface area contributed by atoms with Crippen molar-refractivity contribution < 1.29 is 23.0 Å². The van der Waals surface area contributed by atoms with E-state index in [1.165, 1.54) is 18.6 Å². The van der Waals surface area contributed by atoms with Crippen LogP contribution in [0.3, 0.4) is 0 Å². The Morgan fingerprint density at radius 2 is 1.57 bits per heavy atom. The molecule has 0 unspecified atom stereocenters. The number of halogens is 4. The van der Waals surface area contributed by atoms with Crippen LogP contribution >= 0.6 is 12.4 Å². The lowest BCUT2D eigenvalue weighted by Crippen LogP contribution is -2.29. The molecule has 0 radical (unpaired) electrons. The first-order valence-corrected chi connectivity index (χ1v) is 9.98. The molecule has 7 heteroatoms. The number of phenolic OH excluding ortho intramolecular Hbond substituents is 1. The third-order valence-electron chi connectivity index (χ3n) is 5.30. The summed E-state index contributed by atoms with van der Waals surface area (Å²) in [6.07, 6.45) is -1.17. The van der Waals surface area contributed by atoms with Crippen molar-refractivity contribution in [1.82, 2.24) is 4.90 Å². The molecule has 0 aromatic heterocycles. The van der Waals surface area contributed by atoms with Gasteiger partial charge in [-0.1, -0.05) is 45.4 Å². The molecule has 1 heterocycles. The van der Waals surface area contributed by atoms with E-state index in [0.717, 1.165) is 37.1 Å². The maximum atomic E-state index is 12.4. The molecule has 1 fully saturated rings. The molecule has 1 N–H and O–H groups in total. The molecule has 0 bridgehead atoms. The van der Waals surface area contributed by atoms with Crippen LogP contribution in [0.25, 0.3) is 11.1 Å². The largest absolute Gasteiger partial charge is 0.573 e. The van der Waals surface area contributed by atoms with Gasteiger partial charge in [0.1, 0.15) is 11.5 Å². The van der Waals surface area contributed by atoms with E-state index in [4.69, 9.17) is 0 Å². The molecule has 1 aliphatic rings. The molecule has 0 saturated carbocycles. The van der Waals surface area contributed by atoms with Gasteiger partial charge in [-0.15, -0.1) is 25.6 Å². The summed E-state index contributed by atoms with van der Waals surface area (Å²) in [5.41, 5.74) is 3.09. The van der Waals surface area contributed by atoms with Crippen molar-refractivity contribution >= 4 is 12.4 Å². The first kappa shape index (κ1) is 24.4. The first-order chi connectivity index (χ1) is 13.5. The van der Waals surface area contributed by atoms with E-state index in [1.807, 2.05) is 6.07 Å². The summed E-state index contributed by atoms with van der Waals surface area (Å²) in [5.74, 6) is -0.0886. The van der Waals surface area contributed by atoms with Crippen LogP contribution in [0.4, 0.5) is 13.2 Å². The smallest absolute Gasteiger partial charge is 0.507 e. The van der Waals surface area contributed by atoms with Crippen LogP contribution in [-0.2, 0) is 12.0 Å². The van der Waals surface area contributed by atoms with Crippen LogP contribution in [0.5, 0.6) is 11.5 Å². The van der Waals surface area contributed by atoms with Crippen molar-refractivity contribution in [2.75, 3.05) is 13.1 Å². The van der Waals surface area contributed by atoms with E-state index in [0.29, 0.717) is 17.7 Å². The Balaban J connectivity index is 0.00000320. The van der Waals surface area contributed by atoms with Crippen LogP contribution in [0.1, 0.15) is 51.2 Å². The zero-order valence-electron chi connectivity index (χ0n) is 17.6. The highest BCUT2D eigenvalue weighted by atomic mass is 35.5. The second-order valence-corrected chi connectivity index (χ2v) is 8.69. The van der Waals surface area contributed by atoms with Crippen LogP contribution < -0.4 is 4.74 Å². The lowest BCUT2D eigenvalue weighted by atomic mass is 9.83. The molecule has 3 rings (SSSR count). The summed E-state index contributed by atoms with van der Waals surface area (Å²) in [4.78, 5) is 2.34. The zero-order chi connectivity index (χ0) is 21.2. The molecule has 2 aromatic carbocycles. The predicted molar refractivity (Wildman–Crippen MR) is 115 cm³/mol. The molecule has 3 nitrogen and oxygen atoms in total. The topological polar surface area (TPSA) is 32.7 Å². The Morgan fingerprint density at radius 3 is 2.10 bits per heavy atom. The first-order valence-electron chi connectivity index (χ1n) is 9.98. The molecule has 30 heavy (non-hydrogen) atoms. The Hall–Kier alpha value is -1.92. The molecule has 0 amide bonds. The number of benzene rings is 2. The van der Waals surface area contributed by atoms with Crippen molar-refractivity contribution in [3.05, 3.63) is 47.5 Å². The number of hydrogen-bond acceptors (Lipinski definition) is 3. The van der Waals surface area contributed by atoms with Crippen molar-refractivity contribution in [3.63, 3.8) is 0 Å². The number of ether oxygens (including phenoxy) is 1. The van der Waals surface area contributed by atoms with Gasteiger partial charge in [-0.3, -0.25) is 4.90 Å². The van der Waals surface area contributed by atoms with E-state index >= 15 is 0 Å². The Bertz CT molecular complexity index is 839. The van der Waals surface area contributed by atoms with Gasteiger partial charge in [-0.2, -0.15) is 0 Å². The molecule has 166 valence electrons. The second kappa shape index (κ2) is 9.48. The van der Waals surface area contributed by atoms with Gasteiger partial charge in [0.05, 0.1) is 0 Å². The highest BCUT2D eigenvalue weighted by molar-refractivity contribution is 5.85. The summed E-state index contributed by atoms with van der Waals surface area (Å²) >= 11 is 0. The zero-order valence-corrected chi connectivity index (χ0v) is 18.4. The van der Waals surface area contributed by atoms with Gasteiger partial charge in [0.25, 0.3) is 0 Å². The van der Waals surface area contributed by atoms with Gasteiger partial charge in [-0.05, 0) is 60.7 Å². The highest BCUT2D eigenvalue weighted by Crippen LogP contribution is 2.39. The van der Waals surface area contributed by atoms with E-state index in [2.05, 4.69) is 36.5 Å². The average Bonchev–Trinajstić information content (AvgIpc) is 2.63. The predicted octanol–water partition coefficient (Wildman–Crippen LogP) is 6.66. The standard InChI is InChI=1S/C23H28F3NO2.ClH/c1-22(2,3)18-13-17(15-27-11-5-4-6-12-27)21(28)20(14-18)16-7-9-19(10-8-16)29-23(24,25)26;/h7-10,13-14,28H,4-6,11-12,15H2,1-3H3;1H. The summed E-state index contributed by atoms with van der Waals surface area (Å²) < 4.78 is 41.2. The van der Waals surface area contributed by atoms with Crippen molar-refractivity contribution in [2.24, 2.45) is 0 Å². The third-order valence-corrected chi connectivity index (χ3v) is 5.30. The van der Waals surface area contributed by atoms with Gasteiger partial charge in [0.15, 0.2) is 0 Å². The maximum Gasteiger partial charge on any atom is 0.573 e. The quantitative estimate of drug-likeness (QED) is 0.573. The lowest BCUT2D eigenvalue weighted by molar-refractivity contribution is -0.274. The van der Waals surface area contributed by atoms with Gasteiger partial charge >= 0.3 is 6.36 Å². The third kappa shape index (κ3) is 6.29. The molecular formula is C23H29ClF3NO2. The fraction of sp³-hybridized carbons (Fsp3) is 0.478. The second-order valence-electron chi connectivity index (χ2n) is 8.69. The molecule has 0 aliphatic carbocycles. The number of hydrogen-bond donors (Lipinski definition) is 1. The Labute approximate surface area is 182 Å². The summed E-state index contributed by atoms with van der Waals surface area (Å²) in [6.45, 7) is 9.00. The van der Waals surface area contributed by atoms with Crippen LogP contribution in [0, 0.1) is 0 Å². The number of nitrogens with zero attached hydrogens (tertiary/aromatic N) is 1. The van der Waals surface area contributed by atoms with Crippen molar-refractivity contribution in [2.45, 2.75) is 58.4 Å². The molecular weight excluding hydrogens is 415 g/mol. The molecule has 0 atom stereocenters. The van der Waals surface area contributed by atoms with Crippen LogP contribution in [0.2, 0.25) is 0 Å². The van der Waals surface area contributed by atoms with E-state index < -0.39 is 6.36 Å². The SMILES string of the molecule is CC(C)(C)c1cc(CN2CCCCC2)c(O)c(-c2ccc(OC(F)(F)F)cc2)c1.Cl. The number of aromatic hydroxyl groups is 1. The monoisotopic (exact) mass is 443 g/mol. The van der Waals surface area contributed by atoms with E-state index in [-0.39, 0.29) is 29.3 Å². The fourth-order valence-corrected chi connectivity index (χ4v) is 3.66. The van der Waals surface area contributed by atoms with Gasteiger partial charge in [-0.25, -0.2) is 0 Å². The number of rotatable bonds is 4. The molecule has 1 saturated heterocycles. The minimum Gasteiger partial charge on any atom is -0.507 e. The number of alkyl halides is 3. The fourth-order valence-electron chi connectivity index (χ4n) is 3.66. The number of likely N-dealkylation sites (tertiary alicyclic amines) is 1. The van der Waals surface area contributed by atoms with Crippen LogP contribution in [0.15, 0.2) is 36.4 Å².